The highest BCUT2D eigenvalue weighted by Crippen LogP contribution is 2.26. The molecule has 1 heterocycles. The third-order valence-electron chi connectivity index (χ3n) is 5.35. The molecule has 1 atom stereocenters. The van der Waals surface area contributed by atoms with Crippen molar-refractivity contribution >= 4 is 21.8 Å². The number of rotatable bonds is 7. The van der Waals surface area contributed by atoms with Gasteiger partial charge in [-0.3, -0.25) is 9.59 Å². The standard InChI is InChI=1S/C22H23F2NO6S/c1-14(21(26)16-3-8-19(23)20(24)13-16)31-22(27)15-9-11-25(12-10-15)32(28,29)18-6-4-17(30-2)5-7-18/h3-8,13-15H,9-12H2,1-2H3/t14-/m0/s1. The minimum absolute atomic E-state index is 0.107. The molecule has 0 saturated carbocycles. The zero-order chi connectivity index (χ0) is 23.5. The Kier molecular flexibility index (Phi) is 7.25. The van der Waals surface area contributed by atoms with Gasteiger partial charge < -0.3 is 9.47 Å². The lowest BCUT2D eigenvalue weighted by atomic mass is 9.98. The number of ketones is 1. The first-order valence-electron chi connectivity index (χ1n) is 9.97. The van der Waals surface area contributed by atoms with Crippen molar-refractivity contribution in [2.45, 2.75) is 30.8 Å². The maximum absolute atomic E-state index is 13.4. The molecule has 0 amide bonds. The van der Waals surface area contributed by atoms with Crippen LogP contribution in [-0.2, 0) is 19.6 Å². The summed E-state index contributed by atoms with van der Waals surface area (Å²) in [5.41, 5.74) is -0.107. The minimum Gasteiger partial charge on any atom is -0.497 e. The van der Waals surface area contributed by atoms with Crippen LogP contribution in [0.4, 0.5) is 8.78 Å². The zero-order valence-electron chi connectivity index (χ0n) is 17.6. The van der Waals surface area contributed by atoms with E-state index >= 15 is 0 Å². The summed E-state index contributed by atoms with van der Waals surface area (Å²) in [6.07, 6.45) is -0.714. The third-order valence-corrected chi connectivity index (χ3v) is 7.26. The van der Waals surface area contributed by atoms with E-state index in [4.69, 9.17) is 9.47 Å². The van der Waals surface area contributed by atoms with E-state index in [0.29, 0.717) is 5.75 Å². The molecular weight excluding hydrogens is 444 g/mol. The van der Waals surface area contributed by atoms with E-state index in [1.165, 1.54) is 30.5 Å². The normalized spacial score (nSPS) is 16.4. The molecule has 0 aromatic heterocycles. The number of ether oxygens (including phenoxy) is 2. The first-order chi connectivity index (χ1) is 15.1. The number of nitrogens with zero attached hydrogens (tertiary/aromatic N) is 1. The number of carbonyl (C=O) groups excluding carboxylic acids is 2. The molecule has 1 aliphatic rings. The molecule has 10 heteroatoms. The molecule has 1 fully saturated rings. The largest absolute Gasteiger partial charge is 0.497 e. The Bertz CT molecular complexity index is 1100. The summed E-state index contributed by atoms with van der Waals surface area (Å²) in [7, 11) is -2.23. The molecule has 0 unspecified atom stereocenters. The predicted octanol–water partition coefficient (Wildman–Crippen LogP) is 3.19. The van der Waals surface area contributed by atoms with Gasteiger partial charge in [-0.2, -0.15) is 4.31 Å². The van der Waals surface area contributed by atoms with Gasteiger partial charge in [0.25, 0.3) is 0 Å². The highest BCUT2D eigenvalue weighted by atomic mass is 32.2. The molecule has 0 aliphatic carbocycles. The molecule has 2 aromatic rings. The van der Waals surface area contributed by atoms with Crippen LogP contribution in [0.15, 0.2) is 47.4 Å². The predicted molar refractivity (Wildman–Crippen MR) is 111 cm³/mol. The van der Waals surface area contributed by atoms with Crippen molar-refractivity contribution in [1.82, 2.24) is 4.31 Å². The summed E-state index contributed by atoms with van der Waals surface area (Å²) in [6, 6.07) is 8.74. The molecule has 172 valence electrons. The second kappa shape index (κ2) is 9.74. The van der Waals surface area contributed by atoms with E-state index in [-0.39, 0.29) is 36.4 Å². The van der Waals surface area contributed by atoms with Crippen molar-refractivity contribution in [3.63, 3.8) is 0 Å². The van der Waals surface area contributed by atoms with Gasteiger partial charge >= 0.3 is 5.97 Å². The van der Waals surface area contributed by atoms with Crippen molar-refractivity contribution < 1.29 is 36.3 Å². The van der Waals surface area contributed by atoms with Crippen LogP contribution in [0.3, 0.4) is 0 Å². The van der Waals surface area contributed by atoms with Crippen LogP contribution in [0.1, 0.15) is 30.1 Å². The van der Waals surface area contributed by atoms with Gasteiger partial charge in [-0.15, -0.1) is 0 Å². The molecular formula is C22H23F2NO6S. The number of hydrogen-bond acceptors (Lipinski definition) is 6. The highest BCUT2D eigenvalue weighted by molar-refractivity contribution is 7.89. The minimum atomic E-state index is -3.71. The lowest BCUT2D eigenvalue weighted by molar-refractivity contribution is -0.152. The van der Waals surface area contributed by atoms with E-state index in [0.717, 1.165) is 18.2 Å². The van der Waals surface area contributed by atoms with Gasteiger partial charge in [0.2, 0.25) is 15.8 Å². The number of esters is 1. The van der Waals surface area contributed by atoms with Gasteiger partial charge in [0, 0.05) is 18.7 Å². The van der Waals surface area contributed by atoms with Crippen molar-refractivity contribution in [3.05, 3.63) is 59.7 Å². The van der Waals surface area contributed by atoms with Crippen LogP contribution in [0.2, 0.25) is 0 Å². The second-order valence-electron chi connectivity index (χ2n) is 7.43. The van der Waals surface area contributed by atoms with E-state index in [2.05, 4.69) is 0 Å². The molecule has 1 saturated heterocycles. The van der Waals surface area contributed by atoms with E-state index in [1.807, 2.05) is 0 Å². The van der Waals surface area contributed by atoms with Crippen molar-refractivity contribution in [2.24, 2.45) is 5.92 Å². The Morgan fingerprint density at radius 3 is 2.22 bits per heavy atom. The van der Waals surface area contributed by atoms with Crippen LogP contribution in [0.25, 0.3) is 0 Å². The fraction of sp³-hybridized carbons (Fsp3) is 0.364. The van der Waals surface area contributed by atoms with E-state index in [9.17, 15) is 26.8 Å². The lowest BCUT2D eigenvalue weighted by Crippen LogP contribution is -2.41. The van der Waals surface area contributed by atoms with Crippen LogP contribution < -0.4 is 4.74 Å². The number of carbonyl (C=O) groups is 2. The SMILES string of the molecule is COc1ccc(S(=O)(=O)N2CCC(C(=O)O[C@@H](C)C(=O)c3ccc(F)c(F)c3)CC2)cc1. The van der Waals surface area contributed by atoms with Crippen LogP contribution >= 0.6 is 0 Å². The lowest BCUT2D eigenvalue weighted by Gasteiger charge is -2.30. The zero-order valence-corrected chi connectivity index (χ0v) is 18.4. The van der Waals surface area contributed by atoms with Gasteiger partial charge in [-0.25, -0.2) is 17.2 Å². The molecule has 32 heavy (non-hydrogen) atoms. The van der Waals surface area contributed by atoms with Crippen LogP contribution in [0.5, 0.6) is 5.75 Å². The summed E-state index contributed by atoms with van der Waals surface area (Å²) in [5, 5.41) is 0. The Labute approximate surface area is 185 Å². The van der Waals surface area contributed by atoms with Crippen LogP contribution in [-0.4, -0.2) is 50.8 Å². The molecule has 0 bridgehead atoms. The Hall–Kier alpha value is -2.85. The van der Waals surface area contributed by atoms with E-state index < -0.39 is 45.4 Å². The summed E-state index contributed by atoms with van der Waals surface area (Å²) in [5.74, 6) is -3.57. The third kappa shape index (κ3) is 5.13. The number of sulfonamides is 1. The number of hydrogen-bond donors (Lipinski definition) is 0. The van der Waals surface area contributed by atoms with Crippen molar-refractivity contribution in [3.8, 4) is 5.75 Å². The summed E-state index contributed by atoms with van der Waals surface area (Å²) in [6.45, 7) is 1.60. The summed E-state index contributed by atoms with van der Waals surface area (Å²) >= 11 is 0. The summed E-state index contributed by atoms with van der Waals surface area (Å²) in [4.78, 5) is 25.0. The topological polar surface area (TPSA) is 90.0 Å². The number of benzene rings is 2. The summed E-state index contributed by atoms with van der Waals surface area (Å²) < 4.78 is 63.6. The molecule has 7 nitrogen and oxygen atoms in total. The maximum atomic E-state index is 13.4. The highest BCUT2D eigenvalue weighted by Gasteiger charge is 2.34. The fourth-order valence-corrected chi connectivity index (χ4v) is 4.91. The molecule has 0 N–H and O–H groups in total. The smallest absolute Gasteiger partial charge is 0.309 e. The first-order valence-corrected chi connectivity index (χ1v) is 11.4. The second-order valence-corrected chi connectivity index (χ2v) is 9.36. The Balaban J connectivity index is 1.57. The van der Waals surface area contributed by atoms with Crippen LogP contribution in [0, 0.1) is 17.6 Å². The van der Waals surface area contributed by atoms with Gasteiger partial charge in [0.1, 0.15) is 5.75 Å². The van der Waals surface area contributed by atoms with Crippen molar-refractivity contribution in [1.29, 1.82) is 0 Å². The fourth-order valence-electron chi connectivity index (χ4n) is 3.44. The maximum Gasteiger partial charge on any atom is 0.309 e. The molecule has 2 aromatic carbocycles. The quantitative estimate of drug-likeness (QED) is 0.459. The Morgan fingerprint density at radius 1 is 1.03 bits per heavy atom. The number of Topliss-reactive ketones (excluding diaryl/α,β-unsaturated/α-hetero) is 1. The van der Waals surface area contributed by atoms with Gasteiger partial charge in [0.15, 0.2) is 17.7 Å². The molecule has 1 aliphatic heterocycles. The number of halogens is 2. The Morgan fingerprint density at radius 2 is 1.66 bits per heavy atom. The average Bonchev–Trinajstić information content (AvgIpc) is 2.80. The monoisotopic (exact) mass is 467 g/mol. The molecule has 0 spiro atoms. The van der Waals surface area contributed by atoms with Gasteiger partial charge in [-0.05, 0) is 62.2 Å². The van der Waals surface area contributed by atoms with Crippen molar-refractivity contribution in [2.75, 3.05) is 20.2 Å². The molecule has 0 radical (unpaired) electrons. The average molecular weight is 467 g/mol. The van der Waals surface area contributed by atoms with Gasteiger partial charge in [0.05, 0.1) is 17.9 Å². The first kappa shape index (κ1) is 23.8. The van der Waals surface area contributed by atoms with Gasteiger partial charge in [-0.1, -0.05) is 0 Å². The van der Waals surface area contributed by atoms with E-state index in [1.54, 1.807) is 12.1 Å². The molecule has 3 rings (SSSR count). The number of methoxy groups -OCH3 is 1. The number of piperidine rings is 1.